The molecular formula is C16H32N2O2. The largest absolute Gasteiger partial charge is 0.355 e. The quantitative estimate of drug-likeness (QED) is 0.511. The van der Waals surface area contributed by atoms with Gasteiger partial charge in [-0.2, -0.15) is 0 Å². The van der Waals surface area contributed by atoms with Crippen LogP contribution in [0.1, 0.15) is 65.2 Å². The molecule has 0 aromatic rings. The van der Waals surface area contributed by atoms with Crippen molar-refractivity contribution in [3.8, 4) is 0 Å². The van der Waals surface area contributed by atoms with Crippen LogP contribution < -0.4 is 10.6 Å². The van der Waals surface area contributed by atoms with Gasteiger partial charge in [-0.25, -0.2) is 0 Å². The second-order valence-electron chi connectivity index (χ2n) is 5.73. The van der Waals surface area contributed by atoms with Crippen LogP contribution in [0.2, 0.25) is 0 Å². The third-order valence-electron chi connectivity index (χ3n) is 3.40. The molecule has 4 heteroatoms. The number of carbonyl (C=O) groups is 2. The SMILES string of the molecule is CNCC(=O)NCCCCCCCCCC(=O)C(C)C. The van der Waals surface area contributed by atoms with Crippen molar-refractivity contribution in [1.82, 2.24) is 10.6 Å². The van der Waals surface area contributed by atoms with E-state index in [4.69, 9.17) is 0 Å². The van der Waals surface area contributed by atoms with Crippen molar-refractivity contribution in [3.63, 3.8) is 0 Å². The standard InChI is InChI=1S/C16H32N2O2/c1-14(2)15(19)11-9-7-5-4-6-8-10-12-18-16(20)13-17-3/h14,17H,4-13H2,1-3H3,(H,18,20). The van der Waals surface area contributed by atoms with Crippen LogP contribution in [0.3, 0.4) is 0 Å². The van der Waals surface area contributed by atoms with Crippen LogP contribution in [0.5, 0.6) is 0 Å². The minimum atomic E-state index is 0.0716. The third kappa shape index (κ3) is 12.2. The Morgan fingerprint density at radius 2 is 1.45 bits per heavy atom. The lowest BCUT2D eigenvalue weighted by Gasteiger charge is -2.05. The second kappa shape index (κ2) is 13.1. The van der Waals surface area contributed by atoms with Crippen LogP contribution in [-0.4, -0.2) is 31.8 Å². The van der Waals surface area contributed by atoms with Crippen LogP contribution >= 0.6 is 0 Å². The summed E-state index contributed by atoms with van der Waals surface area (Å²) < 4.78 is 0. The minimum absolute atomic E-state index is 0.0716. The Labute approximate surface area is 124 Å². The lowest BCUT2D eigenvalue weighted by Crippen LogP contribution is -2.32. The number of Topliss-reactive ketones (excluding diaryl/α,β-unsaturated/α-hetero) is 1. The van der Waals surface area contributed by atoms with Crippen molar-refractivity contribution in [1.29, 1.82) is 0 Å². The first-order chi connectivity index (χ1) is 9.57. The molecular weight excluding hydrogens is 252 g/mol. The average molecular weight is 284 g/mol. The van der Waals surface area contributed by atoms with E-state index in [9.17, 15) is 9.59 Å². The average Bonchev–Trinajstić information content (AvgIpc) is 2.40. The van der Waals surface area contributed by atoms with E-state index in [1.165, 1.54) is 25.7 Å². The van der Waals surface area contributed by atoms with Crippen LogP contribution in [0.25, 0.3) is 0 Å². The lowest BCUT2D eigenvalue weighted by atomic mass is 10.0. The summed E-state index contributed by atoms with van der Waals surface area (Å²) >= 11 is 0. The Hall–Kier alpha value is -0.900. The van der Waals surface area contributed by atoms with Gasteiger partial charge in [-0.05, 0) is 19.9 Å². The summed E-state index contributed by atoms with van der Waals surface area (Å²) in [7, 11) is 1.77. The van der Waals surface area contributed by atoms with Gasteiger partial charge in [0.15, 0.2) is 0 Å². The first-order valence-corrected chi connectivity index (χ1v) is 8.02. The maximum Gasteiger partial charge on any atom is 0.233 e. The van der Waals surface area contributed by atoms with Gasteiger partial charge in [0.1, 0.15) is 5.78 Å². The fourth-order valence-corrected chi connectivity index (χ4v) is 2.05. The molecule has 0 spiro atoms. The molecule has 4 nitrogen and oxygen atoms in total. The summed E-state index contributed by atoms with van der Waals surface area (Å²) in [6.45, 7) is 5.12. The molecule has 1 amide bonds. The highest BCUT2D eigenvalue weighted by Crippen LogP contribution is 2.10. The highest BCUT2D eigenvalue weighted by atomic mass is 16.1. The third-order valence-corrected chi connectivity index (χ3v) is 3.40. The van der Waals surface area contributed by atoms with E-state index in [0.717, 1.165) is 32.2 Å². The van der Waals surface area contributed by atoms with Gasteiger partial charge in [0, 0.05) is 18.9 Å². The molecule has 20 heavy (non-hydrogen) atoms. The molecule has 0 radical (unpaired) electrons. The number of hydrogen-bond acceptors (Lipinski definition) is 3. The van der Waals surface area contributed by atoms with Crippen LogP contribution in [-0.2, 0) is 9.59 Å². The Balaban J connectivity index is 3.17. The monoisotopic (exact) mass is 284 g/mol. The van der Waals surface area contributed by atoms with Crippen molar-refractivity contribution >= 4 is 11.7 Å². The van der Waals surface area contributed by atoms with Crippen molar-refractivity contribution in [2.75, 3.05) is 20.1 Å². The van der Waals surface area contributed by atoms with Gasteiger partial charge in [0.25, 0.3) is 0 Å². The minimum Gasteiger partial charge on any atom is -0.355 e. The molecule has 0 saturated heterocycles. The van der Waals surface area contributed by atoms with Crippen molar-refractivity contribution < 1.29 is 9.59 Å². The molecule has 0 aromatic carbocycles. The van der Waals surface area contributed by atoms with E-state index >= 15 is 0 Å². The van der Waals surface area contributed by atoms with Gasteiger partial charge >= 0.3 is 0 Å². The molecule has 0 aliphatic heterocycles. The summed E-state index contributed by atoms with van der Waals surface area (Å²) in [5.41, 5.74) is 0. The molecule has 2 N–H and O–H groups in total. The van der Waals surface area contributed by atoms with Crippen molar-refractivity contribution in [2.24, 2.45) is 5.92 Å². The molecule has 0 heterocycles. The lowest BCUT2D eigenvalue weighted by molar-refractivity contribution is -0.122. The van der Waals surface area contributed by atoms with Crippen molar-refractivity contribution in [3.05, 3.63) is 0 Å². The number of likely N-dealkylation sites (N-methyl/N-ethyl adjacent to an activating group) is 1. The fraction of sp³-hybridized carbons (Fsp3) is 0.875. The first-order valence-electron chi connectivity index (χ1n) is 8.02. The number of amides is 1. The summed E-state index contributed by atoms with van der Waals surface area (Å²) in [6, 6.07) is 0. The number of carbonyl (C=O) groups excluding carboxylic acids is 2. The van der Waals surface area contributed by atoms with Crippen LogP contribution in [0, 0.1) is 5.92 Å². The molecule has 0 fully saturated rings. The number of ketones is 1. The Kier molecular flexibility index (Phi) is 12.5. The number of unbranched alkanes of at least 4 members (excludes halogenated alkanes) is 6. The van der Waals surface area contributed by atoms with Gasteiger partial charge in [-0.15, -0.1) is 0 Å². The van der Waals surface area contributed by atoms with E-state index in [2.05, 4.69) is 10.6 Å². The molecule has 0 atom stereocenters. The molecule has 0 aromatic heterocycles. The Morgan fingerprint density at radius 3 is 2.00 bits per heavy atom. The van der Waals surface area contributed by atoms with Gasteiger partial charge in [-0.1, -0.05) is 46.0 Å². The zero-order chi connectivity index (χ0) is 15.2. The first kappa shape index (κ1) is 19.1. The zero-order valence-electron chi connectivity index (χ0n) is 13.5. The highest BCUT2D eigenvalue weighted by Gasteiger charge is 2.05. The van der Waals surface area contributed by atoms with E-state index in [1.807, 2.05) is 13.8 Å². The van der Waals surface area contributed by atoms with Gasteiger partial charge in [-0.3, -0.25) is 9.59 Å². The maximum absolute atomic E-state index is 11.4. The summed E-state index contributed by atoms with van der Waals surface area (Å²) in [4.78, 5) is 22.6. The molecule has 0 aliphatic rings. The van der Waals surface area contributed by atoms with E-state index < -0.39 is 0 Å². The normalized spacial score (nSPS) is 10.8. The number of rotatable bonds is 13. The Bertz CT molecular complexity index is 265. The zero-order valence-corrected chi connectivity index (χ0v) is 13.5. The summed E-state index contributed by atoms with van der Waals surface area (Å²) in [5.74, 6) is 0.651. The van der Waals surface area contributed by atoms with E-state index in [-0.39, 0.29) is 11.8 Å². The van der Waals surface area contributed by atoms with Crippen LogP contribution in [0.15, 0.2) is 0 Å². The highest BCUT2D eigenvalue weighted by molar-refractivity contribution is 5.80. The Morgan fingerprint density at radius 1 is 0.900 bits per heavy atom. The summed E-state index contributed by atoms with van der Waals surface area (Å²) in [6.07, 6.45) is 8.85. The predicted octanol–water partition coefficient (Wildman–Crippen LogP) is 2.67. The topological polar surface area (TPSA) is 58.2 Å². The summed E-state index contributed by atoms with van der Waals surface area (Å²) in [5, 5.41) is 5.71. The van der Waals surface area contributed by atoms with Gasteiger partial charge < -0.3 is 10.6 Å². The smallest absolute Gasteiger partial charge is 0.233 e. The van der Waals surface area contributed by atoms with Gasteiger partial charge in [0.05, 0.1) is 6.54 Å². The van der Waals surface area contributed by atoms with E-state index in [1.54, 1.807) is 7.05 Å². The fourth-order valence-electron chi connectivity index (χ4n) is 2.05. The van der Waals surface area contributed by atoms with Crippen LogP contribution in [0.4, 0.5) is 0 Å². The number of hydrogen-bond donors (Lipinski definition) is 2. The number of nitrogens with one attached hydrogen (secondary N) is 2. The van der Waals surface area contributed by atoms with E-state index in [0.29, 0.717) is 12.3 Å². The molecule has 0 rings (SSSR count). The molecule has 0 unspecified atom stereocenters. The van der Waals surface area contributed by atoms with Gasteiger partial charge in [0.2, 0.25) is 5.91 Å². The maximum atomic E-state index is 11.4. The second-order valence-corrected chi connectivity index (χ2v) is 5.73. The molecule has 0 saturated carbocycles. The van der Waals surface area contributed by atoms with Crippen molar-refractivity contribution in [2.45, 2.75) is 65.2 Å². The molecule has 0 bridgehead atoms. The molecule has 0 aliphatic carbocycles. The molecule has 118 valence electrons. The predicted molar refractivity (Wildman–Crippen MR) is 83.7 cm³/mol.